The lowest BCUT2D eigenvalue weighted by molar-refractivity contribution is -0.322. The number of allylic oxidation sites excluding steroid dienone is 2. The lowest BCUT2D eigenvalue weighted by Crippen LogP contribution is -2.67. The van der Waals surface area contributed by atoms with Gasteiger partial charge in [-0.05, 0) is 109 Å². The van der Waals surface area contributed by atoms with Crippen molar-refractivity contribution in [2.75, 3.05) is 13.2 Å². The zero-order chi connectivity index (χ0) is 41.0. The number of aliphatic carboxylic acids is 1. The van der Waals surface area contributed by atoms with Crippen LogP contribution in [0.15, 0.2) is 11.6 Å². The number of carbonyl (C=O) groups excluding carboxylic acids is 1. The number of fused-ring (bicyclic) bond motifs is 7. The van der Waals surface area contributed by atoms with Gasteiger partial charge in [0.25, 0.3) is 0 Å². The topological polar surface area (TPSA) is 204 Å². The molecule has 318 valence electrons. The number of nitrogens with one attached hydrogen (secondary N) is 1. The van der Waals surface area contributed by atoms with Crippen LogP contribution in [0.3, 0.4) is 0 Å². The van der Waals surface area contributed by atoms with Crippen LogP contribution in [0.5, 0.6) is 0 Å². The van der Waals surface area contributed by atoms with E-state index in [4.69, 9.17) is 18.9 Å². The van der Waals surface area contributed by atoms with Crippen molar-refractivity contribution in [3.63, 3.8) is 0 Å². The van der Waals surface area contributed by atoms with Crippen molar-refractivity contribution in [2.24, 2.45) is 50.2 Å². The fourth-order valence-electron chi connectivity index (χ4n) is 13.7. The molecule has 0 radical (unpaired) electrons. The predicted molar refractivity (Wildman–Crippen MR) is 204 cm³/mol. The Kier molecular flexibility index (Phi) is 11.0. The van der Waals surface area contributed by atoms with E-state index in [9.17, 15) is 40.2 Å². The minimum absolute atomic E-state index is 0.00142. The highest BCUT2D eigenvalue weighted by Crippen LogP contribution is 2.76. The summed E-state index contributed by atoms with van der Waals surface area (Å²) < 4.78 is 24.2. The molecule has 6 fully saturated rings. The van der Waals surface area contributed by atoms with E-state index in [-0.39, 0.29) is 58.2 Å². The normalized spacial score (nSPS) is 50.9. The molecule has 2 heterocycles. The van der Waals surface area contributed by atoms with Crippen molar-refractivity contribution >= 4 is 11.9 Å². The second-order valence-corrected chi connectivity index (χ2v) is 21.0. The smallest absolute Gasteiger partial charge is 0.310 e. The van der Waals surface area contributed by atoms with Gasteiger partial charge in [-0.3, -0.25) is 9.59 Å². The maximum atomic E-state index is 13.1. The van der Waals surface area contributed by atoms with E-state index < -0.39 is 72.5 Å². The van der Waals surface area contributed by atoms with Gasteiger partial charge in [0.1, 0.15) is 42.7 Å². The first-order valence-electron chi connectivity index (χ1n) is 21.2. The summed E-state index contributed by atoms with van der Waals surface area (Å²) in [5.41, 5.74) is 0.380. The van der Waals surface area contributed by atoms with Crippen LogP contribution in [0.4, 0.5) is 0 Å². The van der Waals surface area contributed by atoms with Crippen molar-refractivity contribution in [1.29, 1.82) is 0 Å². The standard InChI is InChI=1S/C43H69NO12/c1-22(45)44-30-33(49)32(48)26(21-54-36-34(50)31(47)25(46)20-53-36)55-35(30)56-29-12-13-40(6)27(39(29,4)5)11-14-42(8)28(40)10-9-23-24-19-38(2,3)15-17-43(24,37(51)52)18-16-41(23,42)7/h9,24-36,46-50H,10-21H2,1-8H3,(H,44,45)(H,51,52)/t24-,25+,26+,27-,28+,29-,30+,31+,32+,33+,34+,35-,36-,40-,41+,42+,43-/m0/s1. The zero-order valence-corrected chi connectivity index (χ0v) is 34.7. The van der Waals surface area contributed by atoms with Gasteiger partial charge >= 0.3 is 5.97 Å². The Morgan fingerprint density at radius 1 is 0.839 bits per heavy atom. The molecule has 7 aliphatic rings. The van der Waals surface area contributed by atoms with Crippen LogP contribution in [0.25, 0.3) is 0 Å². The average Bonchev–Trinajstić information content (AvgIpc) is 3.11. The lowest BCUT2D eigenvalue weighted by Gasteiger charge is -2.71. The summed E-state index contributed by atoms with van der Waals surface area (Å²) in [6.45, 7) is 17.3. The number of ether oxygens (including phenoxy) is 4. The zero-order valence-electron chi connectivity index (χ0n) is 34.7. The second-order valence-electron chi connectivity index (χ2n) is 21.0. The number of aliphatic hydroxyl groups excluding tert-OH is 5. The summed E-state index contributed by atoms with van der Waals surface area (Å²) in [6.07, 6.45) is 0.178. The molecule has 0 spiro atoms. The Morgan fingerprint density at radius 3 is 2.21 bits per heavy atom. The Bertz CT molecular complexity index is 1550. The molecule has 7 N–H and O–H groups in total. The minimum Gasteiger partial charge on any atom is -0.481 e. The number of carboxylic acids is 1. The SMILES string of the molecule is CC(=O)N[C@H]1[C@H](O[C@H]2CC[C@]3(C)[C@H]4CC=C5[C@@H]6CC(C)(C)CC[C@]6(C(=O)O)CC[C@@]5(C)[C@]4(C)CC[C@H]3C2(C)C)O[C@H](CO[C@@H]2OC[C@@H](O)[C@@H](O)[C@H]2O)[C@@H](O)[C@@H]1O. The Morgan fingerprint density at radius 2 is 1.54 bits per heavy atom. The van der Waals surface area contributed by atoms with Gasteiger partial charge in [0.15, 0.2) is 12.6 Å². The molecule has 17 atom stereocenters. The number of hydrogen-bond acceptors (Lipinski definition) is 11. The van der Waals surface area contributed by atoms with Gasteiger partial charge in [-0.25, -0.2) is 0 Å². The first kappa shape index (κ1) is 42.4. The summed E-state index contributed by atoms with van der Waals surface area (Å²) in [6, 6.07) is -1.07. The minimum atomic E-state index is -1.54. The van der Waals surface area contributed by atoms with Gasteiger partial charge < -0.3 is 54.9 Å². The van der Waals surface area contributed by atoms with Crippen LogP contribution in [-0.2, 0) is 28.5 Å². The molecule has 2 aliphatic heterocycles. The molecule has 5 aliphatic carbocycles. The van der Waals surface area contributed by atoms with Crippen LogP contribution in [0.1, 0.15) is 120 Å². The van der Waals surface area contributed by atoms with E-state index in [0.717, 1.165) is 57.8 Å². The number of amides is 1. The third kappa shape index (κ3) is 6.53. The molecule has 0 aromatic carbocycles. The van der Waals surface area contributed by atoms with E-state index in [1.165, 1.54) is 12.5 Å². The number of rotatable bonds is 7. The van der Waals surface area contributed by atoms with Crippen molar-refractivity contribution in [2.45, 2.75) is 181 Å². The molecule has 0 unspecified atom stereocenters. The monoisotopic (exact) mass is 791 g/mol. The first-order chi connectivity index (χ1) is 26.0. The molecule has 7 rings (SSSR count). The van der Waals surface area contributed by atoms with Crippen LogP contribution in [0, 0.1) is 50.2 Å². The molecule has 0 aromatic heterocycles. The summed E-state index contributed by atoms with van der Waals surface area (Å²) >= 11 is 0. The third-order valence-corrected chi connectivity index (χ3v) is 17.3. The van der Waals surface area contributed by atoms with Gasteiger partial charge in [-0.1, -0.05) is 60.1 Å². The highest BCUT2D eigenvalue weighted by molar-refractivity contribution is 5.76. The molecular formula is C43H69NO12. The molecule has 56 heavy (non-hydrogen) atoms. The molecule has 4 saturated carbocycles. The molecule has 13 heteroatoms. The van der Waals surface area contributed by atoms with Gasteiger partial charge in [-0.2, -0.15) is 0 Å². The molecule has 13 nitrogen and oxygen atoms in total. The van der Waals surface area contributed by atoms with E-state index in [1.54, 1.807) is 0 Å². The van der Waals surface area contributed by atoms with Crippen molar-refractivity contribution in [3.8, 4) is 0 Å². The maximum Gasteiger partial charge on any atom is 0.310 e. The van der Waals surface area contributed by atoms with Gasteiger partial charge in [-0.15, -0.1) is 0 Å². The highest BCUT2D eigenvalue weighted by atomic mass is 16.7. The quantitative estimate of drug-likeness (QED) is 0.146. The highest BCUT2D eigenvalue weighted by Gasteiger charge is 2.69. The van der Waals surface area contributed by atoms with E-state index in [2.05, 4.69) is 59.9 Å². The second kappa shape index (κ2) is 14.5. The summed E-state index contributed by atoms with van der Waals surface area (Å²) in [7, 11) is 0. The van der Waals surface area contributed by atoms with E-state index in [1.807, 2.05) is 0 Å². The number of aliphatic hydroxyl groups is 5. The van der Waals surface area contributed by atoms with Crippen LogP contribution in [-0.4, -0.2) is 117 Å². The molecule has 2 saturated heterocycles. The first-order valence-corrected chi connectivity index (χ1v) is 21.2. The molecular weight excluding hydrogens is 722 g/mol. The Hall–Kier alpha value is -1.68. The number of hydrogen-bond donors (Lipinski definition) is 7. The van der Waals surface area contributed by atoms with Crippen molar-refractivity contribution in [3.05, 3.63) is 11.6 Å². The van der Waals surface area contributed by atoms with Crippen LogP contribution in [0.2, 0.25) is 0 Å². The van der Waals surface area contributed by atoms with Crippen molar-refractivity contribution in [1.82, 2.24) is 5.32 Å². The van der Waals surface area contributed by atoms with Crippen LogP contribution < -0.4 is 5.32 Å². The number of carbonyl (C=O) groups is 2. The third-order valence-electron chi connectivity index (χ3n) is 17.3. The lowest BCUT2D eigenvalue weighted by atomic mass is 9.33. The molecule has 1 amide bonds. The van der Waals surface area contributed by atoms with Crippen molar-refractivity contribution < 1.29 is 59.2 Å². The van der Waals surface area contributed by atoms with Crippen LogP contribution >= 0.6 is 0 Å². The van der Waals surface area contributed by atoms with E-state index >= 15 is 0 Å². The summed E-state index contributed by atoms with van der Waals surface area (Å²) in [5.74, 6) is -0.304. The fraction of sp³-hybridized carbons (Fsp3) is 0.907. The van der Waals surface area contributed by atoms with Gasteiger partial charge in [0.05, 0.1) is 24.7 Å². The molecule has 0 aromatic rings. The Balaban J connectivity index is 1.11. The molecule has 0 bridgehead atoms. The maximum absolute atomic E-state index is 13.1. The number of carboxylic acid groups (broad SMARTS) is 1. The largest absolute Gasteiger partial charge is 0.481 e. The van der Waals surface area contributed by atoms with E-state index in [0.29, 0.717) is 12.3 Å². The average molecular weight is 792 g/mol. The predicted octanol–water partition coefficient (Wildman–Crippen LogP) is 3.66. The van der Waals surface area contributed by atoms with Gasteiger partial charge in [0.2, 0.25) is 5.91 Å². The Labute approximate surface area is 331 Å². The fourth-order valence-corrected chi connectivity index (χ4v) is 13.7. The summed E-state index contributed by atoms with van der Waals surface area (Å²) in [4.78, 5) is 25.4. The summed E-state index contributed by atoms with van der Waals surface area (Å²) in [5, 5.41) is 66.2. The van der Waals surface area contributed by atoms with Gasteiger partial charge in [0, 0.05) is 6.92 Å².